The Labute approximate surface area is 99.4 Å². The van der Waals surface area contributed by atoms with E-state index in [0.717, 1.165) is 12.8 Å². The Morgan fingerprint density at radius 2 is 1.94 bits per heavy atom. The maximum Gasteiger partial charge on any atom is 0.389 e. The van der Waals surface area contributed by atoms with Gasteiger partial charge in [-0.1, -0.05) is 19.8 Å². The van der Waals surface area contributed by atoms with E-state index in [-0.39, 0.29) is 6.42 Å². The van der Waals surface area contributed by atoms with E-state index in [9.17, 15) is 18.0 Å². The van der Waals surface area contributed by atoms with Gasteiger partial charge in [-0.25, -0.2) is 0 Å². The zero-order valence-electron chi connectivity index (χ0n) is 10.2. The molecule has 2 unspecified atom stereocenters. The number of carboxylic acids is 1. The van der Waals surface area contributed by atoms with E-state index in [2.05, 4.69) is 5.32 Å². The first kappa shape index (κ1) is 16.2. The number of rotatable bonds is 8. The zero-order valence-corrected chi connectivity index (χ0v) is 10.2. The number of hydrogen-bond donors (Lipinski definition) is 2. The van der Waals surface area contributed by atoms with Crippen molar-refractivity contribution >= 4 is 5.97 Å². The lowest BCUT2D eigenvalue weighted by Gasteiger charge is -2.20. The summed E-state index contributed by atoms with van der Waals surface area (Å²) in [6.07, 6.45) is -3.11. The van der Waals surface area contributed by atoms with Crippen molar-refractivity contribution in [3.8, 4) is 0 Å². The summed E-state index contributed by atoms with van der Waals surface area (Å²) in [5.41, 5.74) is 0. The maximum atomic E-state index is 12.0. The van der Waals surface area contributed by atoms with E-state index in [1.165, 1.54) is 0 Å². The number of carbonyl (C=O) groups is 1. The molecule has 0 spiro atoms. The van der Waals surface area contributed by atoms with Gasteiger partial charge in [-0.05, 0) is 19.8 Å². The number of aliphatic carboxylic acids is 1. The molecule has 2 N–H and O–H groups in total. The van der Waals surface area contributed by atoms with Crippen LogP contribution in [0, 0.1) is 0 Å². The monoisotopic (exact) mass is 255 g/mol. The van der Waals surface area contributed by atoms with Crippen molar-refractivity contribution in [1.29, 1.82) is 0 Å². The fraction of sp³-hybridized carbons (Fsp3) is 0.909. The van der Waals surface area contributed by atoms with Gasteiger partial charge >= 0.3 is 12.1 Å². The topological polar surface area (TPSA) is 49.3 Å². The zero-order chi connectivity index (χ0) is 13.5. The average Bonchev–Trinajstić information content (AvgIpc) is 2.19. The van der Waals surface area contributed by atoms with Crippen molar-refractivity contribution in [2.24, 2.45) is 0 Å². The van der Waals surface area contributed by atoms with Gasteiger partial charge in [0, 0.05) is 12.5 Å². The van der Waals surface area contributed by atoms with Crippen molar-refractivity contribution in [2.75, 3.05) is 0 Å². The third kappa shape index (κ3) is 8.97. The van der Waals surface area contributed by atoms with Crippen molar-refractivity contribution in [1.82, 2.24) is 5.32 Å². The largest absolute Gasteiger partial charge is 0.480 e. The first-order chi connectivity index (χ1) is 7.76. The lowest BCUT2D eigenvalue weighted by molar-refractivity contribution is -0.140. The number of carboxylic acid groups (broad SMARTS) is 1. The van der Waals surface area contributed by atoms with E-state index in [1.807, 2.05) is 6.92 Å². The minimum absolute atomic E-state index is 0.0978. The highest BCUT2D eigenvalue weighted by molar-refractivity contribution is 5.73. The Morgan fingerprint density at radius 3 is 2.35 bits per heavy atom. The quantitative estimate of drug-likeness (QED) is 0.701. The third-order valence-electron chi connectivity index (χ3n) is 2.49. The van der Waals surface area contributed by atoms with Gasteiger partial charge in [-0.15, -0.1) is 0 Å². The van der Waals surface area contributed by atoms with Crippen LogP contribution in [-0.2, 0) is 4.79 Å². The first-order valence-corrected chi connectivity index (χ1v) is 5.82. The predicted octanol–water partition coefficient (Wildman–Crippen LogP) is 2.95. The van der Waals surface area contributed by atoms with Crippen LogP contribution in [0.4, 0.5) is 13.2 Å². The van der Waals surface area contributed by atoms with E-state index >= 15 is 0 Å². The molecule has 0 aliphatic carbocycles. The Morgan fingerprint density at radius 1 is 1.35 bits per heavy atom. The highest BCUT2D eigenvalue weighted by Crippen LogP contribution is 2.22. The highest BCUT2D eigenvalue weighted by atomic mass is 19.4. The molecule has 0 saturated heterocycles. The van der Waals surface area contributed by atoms with Crippen LogP contribution >= 0.6 is 0 Å². The molecule has 0 aromatic heterocycles. The van der Waals surface area contributed by atoms with Crippen LogP contribution < -0.4 is 5.32 Å². The van der Waals surface area contributed by atoms with Gasteiger partial charge in [-0.3, -0.25) is 4.79 Å². The molecule has 0 heterocycles. The molecule has 6 heteroatoms. The molecule has 0 rings (SSSR count). The molecule has 0 saturated carbocycles. The van der Waals surface area contributed by atoms with Crippen molar-refractivity contribution in [3.63, 3.8) is 0 Å². The molecule has 0 amide bonds. The van der Waals surface area contributed by atoms with Crippen molar-refractivity contribution in [3.05, 3.63) is 0 Å². The molecule has 0 bridgehead atoms. The molecule has 0 aromatic carbocycles. The summed E-state index contributed by atoms with van der Waals surface area (Å²) in [5.74, 6) is -1.00. The van der Waals surface area contributed by atoms with Crippen LogP contribution in [0.15, 0.2) is 0 Å². The number of nitrogens with one attached hydrogen (secondary N) is 1. The van der Waals surface area contributed by atoms with Crippen molar-refractivity contribution in [2.45, 2.75) is 64.2 Å². The first-order valence-electron chi connectivity index (χ1n) is 5.82. The molecule has 0 aliphatic rings. The van der Waals surface area contributed by atoms with Gasteiger partial charge in [0.2, 0.25) is 0 Å². The smallest absolute Gasteiger partial charge is 0.389 e. The normalized spacial score (nSPS) is 15.6. The second-order valence-corrected chi connectivity index (χ2v) is 4.25. The van der Waals surface area contributed by atoms with Crippen LogP contribution in [0.2, 0.25) is 0 Å². The van der Waals surface area contributed by atoms with Crippen molar-refractivity contribution < 1.29 is 23.1 Å². The third-order valence-corrected chi connectivity index (χ3v) is 2.49. The Kier molecular flexibility index (Phi) is 7.18. The van der Waals surface area contributed by atoms with Crippen LogP contribution in [0.3, 0.4) is 0 Å². The SMILES string of the molecule is CCCCC(NC(C)CCC(F)(F)F)C(=O)O. The summed E-state index contributed by atoms with van der Waals surface area (Å²) >= 11 is 0. The summed E-state index contributed by atoms with van der Waals surface area (Å²) < 4.78 is 35.9. The summed E-state index contributed by atoms with van der Waals surface area (Å²) in [6, 6.07) is -1.20. The molecule has 3 nitrogen and oxygen atoms in total. The highest BCUT2D eigenvalue weighted by Gasteiger charge is 2.28. The van der Waals surface area contributed by atoms with Crippen LogP contribution in [0.5, 0.6) is 0 Å². The van der Waals surface area contributed by atoms with Crippen LogP contribution in [-0.4, -0.2) is 29.3 Å². The van der Waals surface area contributed by atoms with Crippen LogP contribution in [0.25, 0.3) is 0 Å². The second-order valence-electron chi connectivity index (χ2n) is 4.25. The fourth-order valence-electron chi connectivity index (χ4n) is 1.49. The Balaban J connectivity index is 4.03. The van der Waals surface area contributed by atoms with Gasteiger partial charge in [0.1, 0.15) is 6.04 Å². The number of unbranched alkanes of at least 4 members (excludes halogenated alkanes) is 1. The maximum absolute atomic E-state index is 12.0. The fourth-order valence-corrected chi connectivity index (χ4v) is 1.49. The summed E-state index contributed by atoms with van der Waals surface area (Å²) in [5, 5.41) is 11.6. The average molecular weight is 255 g/mol. The molecule has 102 valence electrons. The molecular formula is C11H20F3NO2. The molecule has 0 aromatic rings. The van der Waals surface area contributed by atoms with Gasteiger partial charge in [-0.2, -0.15) is 13.2 Å². The molecule has 17 heavy (non-hydrogen) atoms. The molecule has 0 aliphatic heterocycles. The number of alkyl halides is 3. The van der Waals surface area contributed by atoms with Crippen LogP contribution in [0.1, 0.15) is 46.0 Å². The minimum atomic E-state index is -4.18. The Hall–Kier alpha value is -0.780. The van der Waals surface area contributed by atoms with Gasteiger partial charge < -0.3 is 10.4 Å². The van der Waals surface area contributed by atoms with E-state index in [1.54, 1.807) is 6.92 Å². The standard InChI is InChI=1S/C11H20F3NO2/c1-3-4-5-9(10(16)17)15-8(2)6-7-11(12,13)14/h8-9,15H,3-7H2,1-2H3,(H,16,17). The lowest BCUT2D eigenvalue weighted by Crippen LogP contribution is -2.42. The minimum Gasteiger partial charge on any atom is -0.480 e. The van der Waals surface area contributed by atoms with Gasteiger partial charge in [0.25, 0.3) is 0 Å². The lowest BCUT2D eigenvalue weighted by atomic mass is 10.1. The molecule has 2 atom stereocenters. The van der Waals surface area contributed by atoms with Gasteiger partial charge in [0.15, 0.2) is 0 Å². The number of halogens is 3. The predicted molar refractivity (Wildman–Crippen MR) is 58.8 cm³/mol. The van der Waals surface area contributed by atoms with E-state index in [4.69, 9.17) is 5.11 Å². The second kappa shape index (κ2) is 7.53. The molecule has 0 fully saturated rings. The van der Waals surface area contributed by atoms with Gasteiger partial charge in [0.05, 0.1) is 0 Å². The molecular weight excluding hydrogens is 235 g/mol. The van der Waals surface area contributed by atoms with E-state index < -0.39 is 30.7 Å². The number of hydrogen-bond acceptors (Lipinski definition) is 2. The summed E-state index contributed by atoms with van der Waals surface area (Å²) in [7, 11) is 0. The Bertz CT molecular complexity index is 231. The van der Waals surface area contributed by atoms with E-state index in [0.29, 0.717) is 6.42 Å². The summed E-state index contributed by atoms with van der Waals surface area (Å²) in [4.78, 5) is 10.9. The molecule has 0 radical (unpaired) electrons. The summed E-state index contributed by atoms with van der Waals surface area (Å²) in [6.45, 7) is 3.51.